The fourth-order valence-electron chi connectivity index (χ4n) is 2.48. The summed E-state index contributed by atoms with van der Waals surface area (Å²) in [5, 5.41) is 3.30. The molecule has 0 aliphatic heterocycles. The first-order valence-corrected chi connectivity index (χ1v) is 8.37. The summed E-state index contributed by atoms with van der Waals surface area (Å²) in [7, 11) is 3.35. The molecular formula is C18H27N5O2. The van der Waals surface area contributed by atoms with Crippen LogP contribution in [0.3, 0.4) is 0 Å². The third kappa shape index (κ3) is 5.88. The van der Waals surface area contributed by atoms with Crippen LogP contribution >= 0.6 is 0 Å². The van der Waals surface area contributed by atoms with Crippen molar-refractivity contribution in [2.45, 2.75) is 6.42 Å². The molecule has 2 rings (SSSR count). The Balaban J connectivity index is 2.03. The van der Waals surface area contributed by atoms with E-state index in [9.17, 15) is 0 Å². The number of benzene rings is 1. The van der Waals surface area contributed by atoms with Gasteiger partial charge in [0.05, 0.1) is 13.2 Å². The molecule has 0 radical (unpaired) electrons. The molecule has 0 spiro atoms. The van der Waals surface area contributed by atoms with Crippen LogP contribution in [0.25, 0.3) is 0 Å². The molecule has 136 valence electrons. The van der Waals surface area contributed by atoms with Crippen molar-refractivity contribution in [1.29, 1.82) is 0 Å². The molecule has 0 bridgehead atoms. The van der Waals surface area contributed by atoms with E-state index in [1.807, 2.05) is 23.1 Å². The third-order valence-corrected chi connectivity index (χ3v) is 3.84. The molecule has 1 aromatic carbocycles. The normalized spacial score (nSPS) is 10.6. The highest BCUT2D eigenvalue weighted by atomic mass is 16.5. The van der Waals surface area contributed by atoms with Gasteiger partial charge >= 0.3 is 0 Å². The number of methoxy groups -OCH3 is 2. The van der Waals surface area contributed by atoms with E-state index in [0.29, 0.717) is 43.6 Å². The summed E-state index contributed by atoms with van der Waals surface area (Å²) in [6.45, 7) is 3.30. The molecular weight excluding hydrogens is 318 g/mol. The van der Waals surface area contributed by atoms with Crippen molar-refractivity contribution in [3.8, 4) is 0 Å². The van der Waals surface area contributed by atoms with Crippen molar-refractivity contribution in [1.82, 2.24) is 9.97 Å². The maximum Gasteiger partial charge on any atom is 0.157 e. The van der Waals surface area contributed by atoms with Crippen LogP contribution in [0.2, 0.25) is 0 Å². The largest absolute Gasteiger partial charge is 0.393 e. The van der Waals surface area contributed by atoms with E-state index in [4.69, 9.17) is 15.2 Å². The van der Waals surface area contributed by atoms with Crippen LogP contribution in [0.1, 0.15) is 5.56 Å². The van der Waals surface area contributed by atoms with E-state index >= 15 is 0 Å². The Hall–Kier alpha value is -2.38. The SMILES string of the molecule is COCCN(CCOC)c1ncnc(NCCc2ccccc2)c1N. The molecule has 1 heterocycles. The molecule has 0 fully saturated rings. The van der Waals surface area contributed by atoms with E-state index in [1.165, 1.54) is 11.9 Å². The summed E-state index contributed by atoms with van der Waals surface area (Å²) in [5.74, 6) is 1.35. The number of hydrogen-bond acceptors (Lipinski definition) is 7. The first-order chi connectivity index (χ1) is 12.3. The zero-order valence-corrected chi connectivity index (χ0v) is 14.9. The van der Waals surface area contributed by atoms with Crippen molar-refractivity contribution in [2.24, 2.45) is 0 Å². The smallest absolute Gasteiger partial charge is 0.157 e. The van der Waals surface area contributed by atoms with E-state index in [-0.39, 0.29) is 0 Å². The minimum absolute atomic E-state index is 0.544. The van der Waals surface area contributed by atoms with Crippen molar-refractivity contribution >= 4 is 17.3 Å². The molecule has 3 N–H and O–H groups in total. The zero-order chi connectivity index (χ0) is 17.9. The van der Waals surface area contributed by atoms with Crippen LogP contribution in [-0.2, 0) is 15.9 Å². The van der Waals surface area contributed by atoms with Gasteiger partial charge in [0.2, 0.25) is 0 Å². The summed E-state index contributed by atoms with van der Waals surface area (Å²) in [5.41, 5.74) is 8.11. The summed E-state index contributed by atoms with van der Waals surface area (Å²) >= 11 is 0. The molecule has 7 nitrogen and oxygen atoms in total. The molecule has 0 saturated carbocycles. The van der Waals surface area contributed by atoms with Gasteiger partial charge in [0.15, 0.2) is 11.6 Å². The summed E-state index contributed by atoms with van der Waals surface area (Å²) in [4.78, 5) is 10.7. The first-order valence-electron chi connectivity index (χ1n) is 8.37. The molecule has 0 amide bonds. The Morgan fingerprint density at radius 3 is 2.36 bits per heavy atom. The van der Waals surface area contributed by atoms with E-state index in [2.05, 4.69) is 27.4 Å². The number of rotatable bonds is 11. The number of ether oxygens (including phenoxy) is 2. The number of hydrogen-bond donors (Lipinski definition) is 2. The first kappa shape index (κ1) is 19.0. The molecule has 1 aromatic heterocycles. The third-order valence-electron chi connectivity index (χ3n) is 3.84. The van der Waals surface area contributed by atoms with Gasteiger partial charge in [-0.05, 0) is 12.0 Å². The van der Waals surface area contributed by atoms with E-state index in [1.54, 1.807) is 14.2 Å². The van der Waals surface area contributed by atoms with Gasteiger partial charge in [0, 0.05) is 33.9 Å². The summed E-state index contributed by atoms with van der Waals surface area (Å²) in [6.07, 6.45) is 2.43. The summed E-state index contributed by atoms with van der Waals surface area (Å²) < 4.78 is 10.4. The second-order valence-corrected chi connectivity index (χ2v) is 5.59. The highest BCUT2D eigenvalue weighted by Crippen LogP contribution is 2.25. The number of nitrogen functional groups attached to an aromatic ring is 1. The fraction of sp³-hybridized carbons (Fsp3) is 0.444. The molecule has 7 heteroatoms. The number of anilines is 3. The van der Waals surface area contributed by atoms with Crippen LogP contribution in [0.15, 0.2) is 36.7 Å². The minimum atomic E-state index is 0.544. The number of nitrogens with zero attached hydrogens (tertiary/aromatic N) is 3. The Morgan fingerprint density at radius 1 is 1.04 bits per heavy atom. The molecule has 0 atom stereocenters. The summed E-state index contributed by atoms with van der Waals surface area (Å²) in [6, 6.07) is 10.3. The van der Waals surface area contributed by atoms with Crippen molar-refractivity contribution in [3.05, 3.63) is 42.2 Å². The van der Waals surface area contributed by atoms with Crippen molar-refractivity contribution < 1.29 is 9.47 Å². The van der Waals surface area contributed by atoms with Crippen LogP contribution in [0.4, 0.5) is 17.3 Å². The van der Waals surface area contributed by atoms with Crippen molar-refractivity contribution in [2.75, 3.05) is 63.0 Å². The van der Waals surface area contributed by atoms with Gasteiger partial charge in [-0.3, -0.25) is 0 Å². The molecule has 0 aliphatic rings. The van der Waals surface area contributed by atoms with Crippen molar-refractivity contribution in [3.63, 3.8) is 0 Å². The van der Waals surface area contributed by atoms with Gasteiger partial charge in [0.1, 0.15) is 12.0 Å². The van der Waals surface area contributed by atoms with Gasteiger partial charge in [-0.1, -0.05) is 30.3 Å². The van der Waals surface area contributed by atoms with Crippen LogP contribution < -0.4 is 16.0 Å². The van der Waals surface area contributed by atoms with Crippen LogP contribution in [0.5, 0.6) is 0 Å². The minimum Gasteiger partial charge on any atom is -0.393 e. The van der Waals surface area contributed by atoms with Gasteiger partial charge in [-0.2, -0.15) is 0 Å². The highest BCUT2D eigenvalue weighted by Gasteiger charge is 2.15. The monoisotopic (exact) mass is 345 g/mol. The molecule has 0 saturated heterocycles. The predicted molar refractivity (Wildman–Crippen MR) is 101 cm³/mol. The maximum atomic E-state index is 6.30. The molecule has 0 unspecified atom stereocenters. The second kappa shape index (κ2) is 10.5. The lowest BCUT2D eigenvalue weighted by Crippen LogP contribution is -2.32. The standard InChI is InChI=1S/C18H27N5O2/c1-24-12-10-23(11-13-25-2)18-16(19)17(21-14-22-18)20-9-8-15-6-4-3-5-7-15/h3-7,14H,8-13,19H2,1-2H3,(H,20,21,22). The Morgan fingerprint density at radius 2 is 1.72 bits per heavy atom. The molecule has 25 heavy (non-hydrogen) atoms. The lowest BCUT2D eigenvalue weighted by atomic mass is 10.1. The quantitative estimate of drug-likeness (QED) is 0.642. The predicted octanol–water partition coefficient (Wildman–Crippen LogP) is 1.81. The van der Waals surface area contributed by atoms with Crippen LogP contribution in [0, 0.1) is 0 Å². The van der Waals surface area contributed by atoms with Crippen LogP contribution in [-0.4, -0.2) is 57.0 Å². The van der Waals surface area contributed by atoms with Gasteiger partial charge in [-0.15, -0.1) is 0 Å². The lowest BCUT2D eigenvalue weighted by Gasteiger charge is -2.25. The molecule has 2 aromatic rings. The zero-order valence-electron chi connectivity index (χ0n) is 14.9. The topological polar surface area (TPSA) is 85.5 Å². The van der Waals surface area contributed by atoms with E-state index < -0.39 is 0 Å². The number of nitrogens with one attached hydrogen (secondary N) is 1. The Bertz CT molecular complexity index is 616. The van der Waals surface area contributed by atoms with Gasteiger partial charge in [-0.25, -0.2) is 9.97 Å². The van der Waals surface area contributed by atoms with E-state index in [0.717, 1.165) is 13.0 Å². The van der Waals surface area contributed by atoms with Gasteiger partial charge < -0.3 is 25.4 Å². The Kier molecular flexibility index (Phi) is 7.94. The highest BCUT2D eigenvalue weighted by molar-refractivity contribution is 5.74. The molecule has 0 aliphatic carbocycles. The number of aromatic nitrogens is 2. The van der Waals surface area contributed by atoms with Gasteiger partial charge in [0.25, 0.3) is 0 Å². The average Bonchev–Trinajstić information content (AvgIpc) is 2.65. The average molecular weight is 345 g/mol. The fourth-order valence-corrected chi connectivity index (χ4v) is 2.48. The lowest BCUT2D eigenvalue weighted by molar-refractivity contribution is 0.190. The second-order valence-electron chi connectivity index (χ2n) is 5.59. The number of nitrogens with two attached hydrogens (primary N) is 1. The Labute approximate surface area is 149 Å². The maximum absolute atomic E-state index is 6.30.